The Hall–Kier alpha value is -3.29. The van der Waals surface area contributed by atoms with Gasteiger partial charge in [0.2, 0.25) is 0 Å². The normalized spacial score (nSPS) is 17.9. The minimum absolute atomic E-state index is 0.147. The fourth-order valence-electron chi connectivity index (χ4n) is 3.82. The van der Waals surface area contributed by atoms with Crippen molar-refractivity contribution in [2.75, 3.05) is 12.0 Å². The minimum Gasteiger partial charge on any atom is -0.497 e. The molecule has 5 nitrogen and oxygen atoms in total. The van der Waals surface area contributed by atoms with Gasteiger partial charge < -0.3 is 19.4 Å². The second kappa shape index (κ2) is 9.06. The molecule has 3 heterocycles. The summed E-state index contributed by atoms with van der Waals surface area (Å²) < 4.78 is 11.7. The van der Waals surface area contributed by atoms with Crippen LogP contribution in [0, 0.1) is 0 Å². The number of nitrogens with zero attached hydrogens (tertiary/aromatic N) is 2. The maximum Gasteiger partial charge on any atom is 0.174 e. The van der Waals surface area contributed by atoms with Gasteiger partial charge in [-0.3, -0.25) is 4.98 Å². The fraction of sp³-hybridized carbons (Fsp3) is 0.120. The van der Waals surface area contributed by atoms with Gasteiger partial charge in [-0.05, 0) is 72.9 Å². The van der Waals surface area contributed by atoms with Crippen LogP contribution in [0.15, 0.2) is 106 Å². The lowest BCUT2D eigenvalue weighted by Gasteiger charge is -2.26. The summed E-state index contributed by atoms with van der Waals surface area (Å²) >= 11 is 7.35. The Kier molecular flexibility index (Phi) is 5.83. The molecule has 0 aliphatic carbocycles. The highest BCUT2D eigenvalue weighted by Crippen LogP contribution is 2.43. The van der Waals surface area contributed by atoms with Crippen LogP contribution in [-0.4, -0.2) is 17.2 Å². The monoisotopic (exact) mass is 459 g/mol. The molecule has 7 heteroatoms. The average molecular weight is 460 g/mol. The second-order valence-corrected chi connectivity index (χ2v) is 8.73. The van der Waals surface area contributed by atoms with Crippen LogP contribution in [0.1, 0.15) is 23.5 Å². The molecule has 2 aromatic carbocycles. The number of methoxy groups -OCH3 is 1. The topological polar surface area (TPSA) is 50.5 Å². The molecule has 2 atom stereocenters. The van der Waals surface area contributed by atoms with E-state index >= 15 is 0 Å². The molecule has 2 aromatic heterocycles. The van der Waals surface area contributed by atoms with Crippen LogP contribution in [0.3, 0.4) is 0 Å². The van der Waals surface area contributed by atoms with Crippen molar-refractivity contribution in [3.8, 4) is 5.75 Å². The first-order chi connectivity index (χ1) is 15.7. The van der Waals surface area contributed by atoms with E-state index < -0.39 is 0 Å². The van der Waals surface area contributed by atoms with Crippen LogP contribution in [0.2, 0.25) is 0 Å². The van der Waals surface area contributed by atoms with Crippen molar-refractivity contribution in [2.24, 2.45) is 0 Å². The third-order valence-electron chi connectivity index (χ3n) is 5.30. The molecule has 0 radical (unpaired) electrons. The van der Waals surface area contributed by atoms with Crippen molar-refractivity contribution in [2.45, 2.75) is 22.1 Å². The van der Waals surface area contributed by atoms with Crippen LogP contribution in [0.25, 0.3) is 0 Å². The summed E-state index contributed by atoms with van der Waals surface area (Å²) in [5.74, 6) is 1.62. The van der Waals surface area contributed by atoms with Crippen molar-refractivity contribution >= 4 is 34.8 Å². The standard InChI is InChI=1S/C25H21N3O2S2/c1-29-18-12-10-17(11-13-18)28-24(23(27-25(28)31)20-9-5-6-16-26-20)21-14-15-22(30-21)32-19-7-3-2-4-8-19/h2-16,23-24H,1H3,(H,27,31). The molecule has 5 rings (SSSR count). The van der Waals surface area contributed by atoms with Crippen LogP contribution in [0.4, 0.5) is 5.69 Å². The van der Waals surface area contributed by atoms with E-state index in [4.69, 9.17) is 21.4 Å². The number of hydrogen-bond donors (Lipinski definition) is 1. The SMILES string of the molecule is COc1ccc(N2C(=S)NC(c3ccccn3)C2c2ccc(Sc3ccccc3)o2)cc1. The van der Waals surface area contributed by atoms with E-state index in [1.165, 1.54) is 0 Å². The molecule has 1 N–H and O–H groups in total. The molecule has 32 heavy (non-hydrogen) atoms. The smallest absolute Gasteiger partial charge is 0.174 e. The van der Waals surface area contributed by atoms with Gasteiger partial charge in [-0.15, -0.1) is 0 Å². The first kappa shape index (κ1) is 20.6. The summed E-state index contributed by atoms with van der Waals surface area (Å²) in [6.07, 6.45) is 1.80. The fourth-order valence-corrected chi connectivity index (χ4v) is 4.96. The summed E-state index contributed by atoms with van der Waals surface area (Å²) in [7, 11) is 1.66. The molecule has 1 aliphatic heterocycles. The van der Waals surface area contributed by atoms with Crippen LogP contribution in [0.5, 0.6) is 5.75 Å². The van der Waals surface area contributed by atoms with Crippen LogP contribution < -0.4 is 15.0 Å². The van der Waals surface area contributed by atoms with Gasteiger partial charge in [-0.25, -0.2) is 0 Å². The quantitative estimate of drug-likeness (QED) is 0.354. The molecule has 1 fully saturated rings. The van der Waals surface area contributed by atoms with Gasteiger partial charge in [0.15, 0.2) is 10.2 Å². The summed E-state index contributed by atoms with van der Waals surface area (Å²) in [5.41, 5.74) is 1.87. The molecule has 0 spiro atoms. The Morgan fingerprint density at radius 1 is 0.969 bits per heavy atom. The number of rotatable bonds is 6. The number of thiocarbonyl (C=S) groups is 1. The third kappa shape index (κ3) is 4.09. The van der Waals surface area contributed by atoms with Crippen LogP contribution >= 0.6 is 24.0 Å². The van der Waals surface area contributed by atoms with Gasteiger partial charge in [0.05, 0.1) is 18.8 Å². The van der Waals surface area contributed by atoms with E-state index in [1.54, 1.807) is 25.1 Å². The Labute approximate surface area is 196 Å². The van der Waals surface area contributed by atoms with Crippen LogP contribution in [-0.2, 0) is 0 Å². The maximum absolute atomic E-state index is 6.34. The van der Waals surface area contributed by atoms with Gasteiger partial charge >= 0.3 is 0 Å². The highest BCUT2D eigenvalue weighted by atomic mass is 32.2. The Morgan fingerprint density at radius 2 is 1.75 bits per heavy atom. The lowest BCUT2D eigenvalue weighted by Crippen LogP contribution is -2.29. The van der Waals surface area contributed by atoms with Gasteiger partial charge in [0, 0.05) is 16.8 Å². The maximum atomic E-state index is 6.34. The van der Waals surface area contributed by atoms with E-state index in [0.29, 0.717) is 5.11 Å². The lowest BCUT2D eigenvalue weighted by atomic mass is 10.0. The van der Waals surface area contributed by atoms with E-state index in [2.05, 4.69) is 27.3 Å². The number of anilines is 1. The van der Waals surface area contributed by atoms with Crippen molar-refractivity contribution in [3.05, 3.63) is 103 Å². The Morgan fingerprint density at radius 3 is 2.47 bits per heavy atom. The minimum atomic E-state index is -0.184. The second-order valence-electron chi connectivity index (χ2n) is 7.27. The number of benzene rings is 2. The molecule has 2 unspecified atom stereocenters. The summed E-state index contributed by atoms with van der Waals surface area (Å²) in [6.45, 7) is 0. The number of pyridine rings is 1. The van der Waals surface area contributed by atoms with Gasteiger partial charge in [-0.1, -0.05) is 36.0 Å². The molecule has 1 saturated heterocycles. The molecular weight excluding hydrogens is 438 g/mol. The predicted octanol–water partition coefficient (Wildman–Crippen LogP) is 6.01. The van der Waals surface area contributed by atoms with E-state index in [9.17, 15) is 0 Å². The largest absolute Gasteiger partial charge is 0.497 e. The van der Waals surface area contributed by atoms with Gasteiger partial charge in [-0.2, -0.15) is 0 Å². The molecule has 4 aromatic rings. The van der Waals surface area contributed by atoms with E-state index in [0.717, 1.165) is 32.9 Å². The third-order valence-corrected chi connectivity index (χ3v) is 6.55. The van der Waals surface area contributed by atoms with Gasteiger partial charge in [0.1, 0.15) is 17.6 Å². The first-order valence-electron chi connectivity index (χ1n) is 10.2. The summed E-state index contributed by atoms with van der Waals surface area (Å²) in [6, 6.07) is 27.7. The Balaban J connectivity index is 1.52. The zero-order valence-electron chi connectivity index (χ0n) is 17.3. The number of furan rings is 1. The molecule has 160 valence electrons. The molecule has 1 aliphatic rings. The highest BCUT2D eigenvalue weighted by molar-refractivity contribution is 7.99. The van der Waals surface area contributed by atoms with Crippen molar-refractivity contribution in [1.82, 2.24) is 10.3 Å². The van der Waals surface area contributed by atoms with Gasteiger partial charge in [0.25, 0.3) is 0 Å². The van der Waals surface area contributed by atoms with Crippen molar-refractivity contribution < 1.29 is 9.15 Å². The number of ether oxygens (including phenoxy) is 1. The zero-order valence-corrected chi connectivity index (χ0v) is 19.0. The molecule has 0 amide bonds. The molecule has 0 bridgehead atoms. The van der Waals surface area contributed by atoms with Crippen molar-refractivity contribution in [1.29, 1.82) is 0 Å². The first-order valence-corrected chi connectivity index (χ1v) is 11.4. The molecular formula is C25H21N3O2S2. The lowest BCUT2D eigenvalue weighted by molar-refractivity contribution is 0.383. The summed E-state index contributed by atoms with van der Waals surface area (Å²) in [5, 5.41) is 4.91. The molecule has 0 saturated carbocycles. The number of nitrogens with one attached hydrogen (secondary N) is 1. The Bertz CT molecular complexity index is 1200. The number of aromatic nitrogens is 1. The zero-order chi connectivity index (χ0) is 21.9. The average Bonchev–Trinajstić information content (AvgIpc) is 3.44. The van der Waals surface area contributed by atoms with E-state index in [-0.39, 0.29) is 12.1 Å². The van der Waals surface area contributed by atoms with E-state index in [1.807, 2.05) is 72.8 Å². The summed E-state index contributed by atoms with van der Waals surface area (Å²) in [4.78, 5) is 7.80. The predicted molar refractivity (Wildman–Crippen MR) is 130 cm³/mol. The van der Waals surface area contributed by atoms with Crippen molar-refractivity contribution in [3.63, 3.8) is 0 Å². The number of hydrogen-bond acceptors (Lipinski definition) is 5. The highest BCUT2D eigenvalue weighted by Gasteiger charge is 2.42.